The van der Waals surface area contributed by atoms with Crippen molar-refractivity contribution in [2.75, 3.05) is 0 Å². The number of carboxylic acid groups (broad SMARTS) is 1. The van der Waals surface area contributed by atoms with Crippen molar-refractivity contribution >= 4 is 23.9 Å². The molecule has 0 unspecified atom stereocenters. The number of aryl methyl sites for hydroxylation is 1. The number of aromatic carboxylic acids is 1. The second kappa shape index (κ2) is 5.79. The molecule has 0 aliphatic carbocycles. The minimum absolute atomic E-state index is 0.128. The van der Waals surface area contributed by atoms with Gasteiger partial charge in [-0.1, -0.05) is 11.6 Å². The third-order valence-electron chi connectivity index (χ3n) is 2.71. The Kier molecular flexibility index (Phi) is 4.10. The normalized spacial score (nSPS) is 10.3. The number of carbonyl (C=O) groups is 2. The maximum absolute atomic E-state index is 10.8. The van der Waals surface area contributed by atoms with Crippen LogP contribution in [0.2, 0.25) is 5.02 Å². The van der Waals surface area contributed by atoms with Crippen LogP contribution in [0.1, 0.15) is 32.2 Å². The van der Waals surface area contributed by atoms with Crippen molar-refractivity contribution in [1.29, 1.82) is 0 Å². The molecule has 5 nitrogen and oxygen atoms in total. The van der Waals surface area contributed by atoms with Crippen molar-refractivity contribution in [1.82, 2.24) is 0 Å². The van der Waals surface area contributed by atoms with Gasteiger partial charge < -0.3 is 14.3 Å². The molecule has 0 aliphatic rings. The zero-order valence-electron chi connectivity index (χ0n) is 10.6. The molecule has 6 heteroatoms. The second-order valence-corrected chi connectivity index (χ2v) is 4.50. The molecule has 1 N–H and O–H groups in total. The highest BCUT2D eigenvalue weighted by molar-refractivity contribution is 6.32. The van der Waals surface area contributed by atoms with Crippen LogP contribution in [0.3, 0.4) is 0 Å². The average Bonchev–Trinajstić information content (AvgIpc) is 2.79. The summed E-state index contributed by atoms with van der Waals surface area (Å²) in [7, 11) is 0. The molecule has 0 amide bonds. The molecule has 0 atom stereocenters. The van der Waals surface area contributed by atoms with E-state index in [1.807, 2.05) is 0 Å². The second-order valence-electron chi connectivity index (χ2n) is 4.09. The Hall–Kier alpha value is -2.27. The van der Waals surface area contributed by atoms with Gasteiger partial charge in [-0.2, -0.15) is 0 Å². The monoisotopic (exact) mass is 294 g/mol. The summed E-state index contributed by atoms with van der Waals surface area (Å²) in [5.74, 6) is -0.381. The van der Waals surface area contributed by atoms with Crippen molar-refractivity contribution in [2.45, 2.75) is 13.5 Å². The summed E-state index contributed by atoms with van der Waals surface area (Å²) in [5.41, 5.74) is 1.08. The highest BCUT2D eigenvalue weighted by Gasteiger charge is 2.14. The van der Waals surface area contributed by atoms with Gasteiger partial charge in [0.1, 0.15) is 24.4 Å². The van der Waals surface area contributed by atoms with E-state index in [0.717, 1.165) is 0 Å². The van der Waals surface area contributed by atoms with Crippen molar-refractivity contribution < 1.29 is 23.8 Å². The number of hydrogen-bond donors (Lipinski definition) is 1. The highest BCUT2D eigenvalue weighted by atomic mass is 35.5. The molecule has 104 valence electrons. The summed E-state index contributed by atoms with van der Waals surface area (Å²) < 4.78 is 10.6. The lowest BCUT2D eigenvalue weighted by atomic mass is 10.2. The van der Waals surface area contributed by atoms with Gasteiger partial charge >= 0.3 is 5.97 Å². The molecule has 1 aromatic carbocycles. The lowest BCUT2D eigenvalue weighted by Gasteiger charge is -2.07. The third kappa shape index (κ3) is 3.00. The van der Waals surface area contributed by atoms with Crippen LogP contribution in [0.25, 0.3) is 0 Å². The van der Waals surface area contributed by atoms with Gasteiger partial charge in [0.2, 0.25) is 5.76 Å². The molecule has 0 radical (unpaired) electrons. The first-order valence-corrected chi connectivity index (χ1v) is 6.09. The summed E-state index contributed by atoms with van der Waals surface area (Å²) in [5, 5.41) is 9.13. The van der Waals surface area contributed by atoms with Gasteiger partial charge in [-0.05, 0) is 31.2 Å². The predicted octanol–water partition coefficient (Wildman–Crippen LogP) is 3.33. The van der Waals surface area contributed by atoms with Crippen LogP contribution in [0.4, 0.5) is 0 Å². The zero-order valence-corrected chi connectivity index (χ0v) is 11.3. The Morgan fingerprint density at radius 3 is 2.75 bits per heavy atom. The first-order chi connectivity index (χ1) is 9.51. The van der Waals surface area contributed by atoms with E-state index in [4.69, 9.17) is 25.9 Å². The van der Waals surface area contributed by atoms with E-state index >= 15 is 0 Å². The quantitative estimate of drug-likeness (QED) is 0.856. The standard InChI is InChI=1S/C14H11ClO5/c1-8-10(5-13(20-8)14(17)18)7-19-12-3-2-9(6-16)4-11(12)15/h2-6H,7H2,1H3,(H,17,18). The number of rotatable bonds is 5. The minimum Gasteiger partial charge on any atom is -0.487 e. The van der Waals surface area contributed by atoms with Crippen LogP contribution < -0.4 is 4.74 Å². The van der Waals surface area contributed by atoms with Gasteiger partial charge in [0, 0.05) is 11.1 Å². The van der Waals surface area contributed by atoms with Crippen molar-refractivity contribution in [2.24, 2.45) is 0 Å². The fraction of sp³-hybridized carbons (Fsp3) is 0.143. The summed E-state index contributed by atoms with van der Waals surface area (Å²) in [4.78, 5) is 21.4. The SMILES string of the molecule is Cc1oc(C(=O)O)cc1COc1ccc(C=O)cc1Cl. The fourth-order valence-corrected chi connectivity index (χ4v) is 1.88. The van der Waals surface area contributed by atoms with E-state index in [1.165, 1.54) is 12.1 Å². The van der Waals surface area contributed by atoms with Gasteiger partial charge in [-0.3, -0.25) is 4.79 Å². The Morgan fingerprint density at radius 2 is 2.20 bits per heavy atom. The van der Waals surface area contributed by atoms with E-state index in [2.05, 4.69) is 0 Å². The number of carbonyl (C=O) groups excluding carboxylic acids is 1. The highest BCUT2D eigenvalue weighted by Crippen LogP contribution is 2.26. The molecule has 1 heterocycles. The van der Waals surface area contributed by atoms with E-state index in [-0.39, 0.29) is 12.4 Å². The number of aldehydes is 1. The summed E-state index contributed by atoms with van der Waals surface area (Å²) in [6.45, 7) is 1.78. The van der Waals surface area contributed by atoms with Gasteiger partial charge in [0.15, 0.2) is 0 Å². The summed E-state index contributed by atoms with van der Waals surface area (Å²) >= 11 is 5.97. The largest absolute Gasteiger partial charge is 0.487 e. The Morgan fingerprint density at radius 1 is 1.45 bits per heavy atom. The fourth-order valence-electron chi connectivity index (χ4n) is 1.63. The van der Waals surface area contributed by atoms with Crippen LogP contribution in [-0.2, 0) is 6.61 Å². The molecule has 0 saturated heterocycles. The molecular formula is C14H11ClO5. The smallest absolute Gasteiger partial charge is 0.371 e. The molecular weight excluding hydrogens is 284 g/mol. The number of halogens is 1. The van der Waals surface area contributed by atoms with E-state index in [1.54, 1.807) is 19.1 Å². The van der Waals surface area contributed by atoms with Crippen LogP contribution in [0.15, 0.2) is 28.7 Å². The number of benzene rings is 1. The maximum Gasteiger partial charge on any atom is 0.371 e. The number of ether oxygens (including phenoxy) is 1. The van der Waals surface area contributed by atoms with Crippen molar-refractivity contribution in [3.05, 3.63) is 51.9 Å². The lowest BCUT2D eigenvalue weighted by molar-refractivity contribution is 0.0661. The molecule has 0 aliphatic heterocycles. The topological polar surface area (TPSA) is 76.7 Å². The van der Waals surface area contributed by atoms with E-state index < -0.39 is 5.97 Å². The lowest BCUT2D eigenvalue weighted by Crippen LogP contribution is -1.97. The van der Waals surface area contributed by atoms with Crippen LogP contribution in [-0.4, -0.2) is 17.4 Å². The minimum atomic E-state index is -1.13. The summed E-state index contributed by atoms with van der Waals surface area (Å²) in [6, 6.07) is 6.07. The van der Waals surface area contributed by atoms with Gasteiger partial charge in [-0.25, -0.2) is 4.79 Å². The Labute approximate surface area is 119 Å². The zero-order chi connectivity index (χ0) is 14.7. The predicted molar refractivity (Wildman–Crippen MR) is 71.6 cm³/mol. The molecule has 0 saturated carbocycles. The molecule has 2 rings (SSSR count). The molecule has 2 aromatic rings. The van der Waals surface area contributed by atoms with E-state index in [0.29, 0.717) is 33.9 Å². The summed E-state index contributed by atoms with van der Waals surface area (Å²) in [6.07, 6.45) is 0.690. The molecule has 0 spiro atoms. The molecule has 20 heavy (non-hydrogen) atoms. The Balaban J connectivity index is 2.12. The number of furan rings is 1. The first-order valence-electron chi connectivity index (χ1n) is 5.71. The van der Waals surface area contributed by atoms with Crippen molar-refractivity contribution in [3.63, 3.8) is 0 Å². The molecule has 0 bridgehead atoms. The van der Waals surface area contributed by atoms with Crippen LogP contribution >= 0.6 is 11.6 Å². The maximum atomic E-state index is 10.8. The first kappa shape index (κ1) is 14.1. The number of carboxylic acids is 1. The van der Waals surface area contributed by atoms with Crippen molar-refractivity contribution in [3.8, 4) is 5.75 Å². The average molecular weight is 295 g/mol. The molecule has 1 aromatic heterocycles. The van der Waals surface area contributed by atoms with Gasteiger partial charge in [0.05, 0.1) is 5.02 Å². The third-order valence-corrected chi connectivity index (χ3v) is 3.00. The van der Waals surface area contributed by atoms with Crippen LogP contribution in [0, 0.1) is 6.92 Å². The van der Waals surface area contributed by atoms with Gasteiger partial charge in [0.25, 0.3) is 0 Å². The van der Waals surface area contributed by atoms with Gasteiger partial charge in [-0.15, -0.1) is 0 Å². The molecule has 0 fully saturated rings. The number of hydrogen-bond acceptors (Lipinski definition) is 4. The van der Waals surface area contributed by atoms with Crippen LogP contribution in [0.5, 0.6) is 5.75 Å². The Bertz CT molecular complexity index is 660. The van der Waals surface area contributed by atoms with E-state index in [9.17, 15) is 9.59 Å².